The van der Waals surface area contributed by atoms with Crippen LogP contribution >= 0.6 is 0 Å². The van der Waals surface area contributed by atoms with Crippen LogP contribution in [0.15, 0.2) is 35.2 Å². The van der Waals surface area contributed by atoms with E-state index in [0.717, 1.165) is 12.8 Å². The SMILES string of the molecule is N[C@H]1CCCN(S(=O)(=O)c2ccccc2)C1. The predicted molar refractivity (Wildman–Crippen MR) is 62.4 cm³/mol. The Morgan fingerprint density at radius 3 is 2.56 bits per heavy atom. The molecule has 88 valence electrons. The van der Waals surface area contributed by atoms with E-state index < -0.39 is 10.0 Å². The zero-order chi connectivity index (χ0) is 11.6. The summed E-state index contributed by atoms with van der Waals surface area (Å²) in [4.78, 5) is 0.351. The number of benzene rings is 1. The smallest absolute Gasteiger partial charge is 0.243 e. The van der Waals surface area contributed by atoms with Crippen molar-refractivity contribution in [3.8, 4) is 0 Å². The molecule has 0 bridgehead atoms. The third-order valence-corrected chi connectivity index (χ3v) is 4.68. The molecule has 4 nitrogen and oxygen atoms in total. The van der Waals surface area contributed by atoms with Crippen LogP contribution in [-0.2, 0) is 10.0 Å². The van der Waals surface area contributed by atoms with Crippen LogP contribution in [0.25, 0.3) is 0 Å². The summed E-state index contributed by atoms with van der Waals surface area (Å²) in [6, 6.07) is 8.48. The van der Waals surface area contributed by atoms with Gasteiger partial charge in [-0.1, -0.05) is 18.2 Å². The van der Waals surface area contributed by atoms with Crippen LogP contribution in [0.4, 0.5) is 0 Å². The molecular weight excluding hydrogens is 224 g/mol. The Kier molecular flexibility index (Phi) is 3.28. The highest BCUT2D eigenvalue weighted by molar-refractivity contribution is 7.89. The van der Waals surface area contributed by atoms with Crippen molar-refractivity contribution in [1.29, 1.82) is 0 Å². The fourth-order valence-corrected chi connectivity index (χ4v) is 3.49. The molecule has 0 spiro atoms. The Balaban J connectivity index is 2.26. The van der Waals surface area contributed by atoms with Gasteiger partial charge in [-0.25, -0.2) is 8.42 Å². The van der Waals surface area contributed by atoms with Gasteiger partial charge in [0.1, 0.15) is 0 Å². The maximum Gasteiger partial charge on any atom is 0.243 e. The van der Waals surface area contributed by atoms with Crippen molar-refractivity contribution < 1.29 is 8.42 Å². The molecule has 2 N–H and O–H groups in total. The lowest BCUT2D eigenvalue weighted by Gasteiger charge is -2.29. The Morgan fingerprint density at radius 1 is 1.25 bits per heavy atom. The second kappa shape index (κ2) is 4.53. The molecule has 16 heavy (non-hydrogen) atoms. The second-order valence-electron chi connectivity index (χ2n) is 4.08. The fourth-order valence-electron chi connectivity index (χ4n) is 1.93. The minimum absolute atomic E-state index is 0.0350. The van der Waals surface area contributed by atoms with E-state index in [1.807, 2.05) is 0 Å². The molecule has 1 aromatic carbocycles. The van der Waals surface area contributed by atoms with Crippen LogP contribution in [0.3, 0.4) is 0 Å². The summed E-state index contributed by atoms with van der Waals surface area (Å²) in [5.41, 5.74) is 5.79. The van der Waals surface area contributed by atoms with Crippen LogP contribution in [0.2, 0.25) is 0 Å². The van der Waals surface area contributed by atoms with Gasteiger partial charge in [-0.05, 0) is 25.0 Å². The molecule has 0 aliphatic carbocycles. The van der Waals surface area contributed by atoms with Gasteiger partial charge in [0.05, 0.1) is 4.90 Å². The molecule has 0 radical (unpaired) electrons. The first-order valence-corrected chi connectivity index (χ1v) is 6.85. The lowest BCUT2D eigenvalue weighted by Crippen LogP contribution is -2.45. The monoisotopic (exact) mass is 240 g/mol. The fraction of sp³-hybridized carbons (Fsp3) is 0.455. The molecule has 1 aromatic rings. The number of nitrogens with zero attached hydrogens (tertiary/aromatic N) is 1. The summed E-state index contributed by atoms with van der Waals surface area (Å²) in [7, 11) is -3.34. The molecule has 0 saturated carbocycles. The summed E-state index contributed by atoms with van der Waals surface area (Å²) in [6.45, 7) is 1.00. The van der Waals surface area contributed by atoms with E-state index in [1.54, 1.807) is 30.3 Å². The van der Waals surface area contributed by atoms with Gasteiger partial charge in [0.25, 0.3) is 0 Å². The van der Waals surface area contributed by atoms with Gasteiger partial charge < -0.3 is 5.73 Å². The van der Waals surface area contributed by atoms with Gasteiger partial charge in [0.2, 0.25) is 10.0 Å². The van der Waals surface area contributed by atoms with Gasteiger partial charge >= 0.3 is 0 Å². The second-order valence-corrected chi connectivity index (χ2v) is 6.02. The van der Waals surface area contributed by atoms with Crippen molar-refractivity contribution in [2.45, 2.75) is 23.8 Å². The summed E-state index contributed by atoms with van der Waals surface area (Å²) < 4.78 is 25.9. The zero-order valence-electron chi connectivity index (χ0n) is 9.04. The van der Waals surface area contributed by atoms with Crippen molar-refractivity contribution in [2.24, 2.45) is 5.73 Å². The van der Waals surface area contributed by atoms with E-state index in [2.05, 4.69) is 0 Å². The van der Waals surface area contributed by atoms with E-state index >= 15 is 0 Å². The average Bonchev–Trinajstić information content (AvgIpc) is 2.30. The van der Waals surface area contributed by atoms with Gasteiger partial charge in [-0.2, -0.15) is 4.31 Å². The quantitative estimate of drug-likeness (QED) is 0.831. The van der Waals surface area contributed by atoms with Gasteiger partial charge in [0, 0.05) is 19.1 Å². The lowest BCUT2D eigenvalue weighted by atomic mass is 10.1. The molecule has 0 aromatic heterocycles. The molecule has 2 rings (SSSR count). The Morgan fingerprint density at radius 2 is 1.94 bits per heavy atom. The van der Waals surface area contributed by atoms with Crippen molar-refractivity contribution in [3.05, 3.63) is 30.3 Å². The maximum absolute atomic E-state index is 12.2. The summed E-state index contributed by atoms with van der Waals surface area (Å²) in [6.07, 6.45) is 1.74. The maximum atomic E-state index is 12.2. The average molecular weight is 240 g/mol. The highest BCUT2D eigenvalue weighted by Gasteiger charge is 2.28. The lowest BCUT2D eigenvalue weighted by molar-refractivity contribution is 0.316. The minimum Gasteiger partial charge on any atom is -0.327 e. The topological polar surface area (TPSA) is 63.4 Å². The number of sulfonamides is 1. The largest absolute Gasteiger partial charge is 0.327 e. The van der Waals surface area contributed by atoms with Gasteiger partial charge in [-0.15, -0.1) is 0 Å². The Bertz CT molecular complexity index is 444. The van der Waals surface area contributed by atoms with Crippen molar-refractivity contribution in [3.63, 3.8) is 0 Å². The number of hydrogen-bond donors (Lipinski definition) is 1. The minimum atomic E-state index is -3.34. The van der Waals surface area contributed by atoms with Crippen molar-refractivity contribution in [1.82, 2.24) is 4.31 Å². The molecule has 0 unspecified atom stereocenters. The molecule has 1 atom stereocenters. The molecule has 1 aliphatic heterocycles. The highest BCUT2D eigenvalue weighted by Crippen LogP contribution is 2.19. The molecule has 0 amide bonds. The van der Waals surface area contributed by atoms with Crippen LogP contribution in [-0.4, -0.2) is 31.9 Å². The molecule has 5 heteroatoms. The molecule has 1 saturated heterocycles. The van der Waals surface area contributed by atoms with E-state index in [1.165, 1.54) is 4.31 Å². The summed E-state index contributed by atoms with van der Waals surface area (Å²) in [5.74, 6) is 0. The van der Waals surface area contributed by atoms with Crippen molar-refractivity contribution >= 4 is 10.0 Å². The number of nitrogens with two attached hydrogens (primary N) is 1. The first kappa shape index (κ1) is 11.6. The van der Waals surface area contributed by atoms with Crippen LogP contribution in [0, 0.1) is 0 Å². The van der Waals surface area contributed by atoms with Gasteiger partial charge in [-0.3, -0.25) is 0 Å². The summed E-state index contributed by atoms with van der Waals surface area (Å²) in [5, 5.41) is 0. The first-order valence-electron chi connectivity index (χ1n) is 5.41. The van der Waals surface area contributed by atoms with Crippen LogP contribution < -0.4 is 5.73 Å². The molecule has 1 fully saturated rings. The van der Waals surface area contributed by atoms with E-state index in [-0.39, 0.29) is 6.04 Å². The van der Waals surface area contributed by atoms with E-state index in [4.69, 9.17) is 5.73 Å². The molecule has 1 aliphatic rings. The normalized spacial score (nSPS) is 23.2. The standard InChI is InChI=1S/C11H16N2O2S/c12-10-5-4-8-13(9-10)16(14,15)11-6-2-1-3-7-11/h1-3,6-7,10H,4-5,8-9,12H2/t10-/m0/s1. The van der Waals surface area contributed by atoms with Gasteiger partial charge in [0.15, 0.2) is 0 Å². The third-order valence-electron chi connectivity index (χ3n) is 2.80. The Labute approximate surface area is 96.1 Å². The number of hydrogen-bond acceptors (Lipinski definition) is 3. The van der Waals surface area contributed by atoms with Crippen LogP contribution in [0.5, 0.6) is 0 Å². The van der Waals surface area contributed by atoms with Crippen molar-refractivity contribution in [2.75, 3.05) is 13.1 Å². The molecule has 1 heterocycles. The molecular formula is C11H16N2O2S. The van der Waals surface area contributed by atoms with E-state index in [9.17, 15) is 8.42 Å². The number of rotatable bonds is 2. The zero-order valence-corrected chi connectivity index (χ0v) is 9.86. The highest BCUT2D eigenvalue weighted by atomic mass is 32.2. The summed E-state index contributed by atoms with van der Waals surface area (Å²) >= 11 is 0. The first-order chi connectivity index (χ1) is 7.60. The van der Waals surface area contributed by atoms with E-state index in [0.29, 0.717) is 18.0 Å². The Hall–Kier alpha value is -0.910. The number of piperidine rings is 1. The van der Waals surface area contributed by atoms with Crippen LogP contribution in [0.1, 0.15) is 12.8 Å². The third kappa shape index (κ3) is 2.26. The predicted octanol–water partition coefficient (Wildman–Crippen LogP) is 0.798.